The van der Waals surface area contributed by atoms with E-state index in [-0.39, 0.29) is 23.9 Å². The highest BCUT2D eigenvalue weighted by molar-refractivity contribution is 5.90. The van der Waals surface area contributed by atoms with Gasteiger partial charge in [0.25, 0.3) is 0 Å². The number of ether oxygens (including phenoxy) is 1. The van der Waals surface area contributed by atoms with Gasteiger partial charge in [-0.05, 0) is 43.0 Å². The Morgan fingerprint density at radius 1 is 1.09 bits per heavy atom. The zero-order chi connectivity index (χ0) is 23.8. The third-order valence-corrected chi connectivity index (χ3v) is 5.83. The lowest BCUT2D eigenvalue weighted by molar-refractivity contribution is -0.128. The first-order chi connectivity index (χ1) is 15.9. The molecular formula is C25H32N4O4. The molecule has 33 heavy (non-hydrogen) atoms. The SMILES string of the molecule is COc1cccc(NC(=O)N2CCC(NC(=O)[C@H](Cc3ccccc3C)NC(C)=O)CC2)c1. The van der Waals surface area contributed by atoms with Gasteiger partial charge in [0.1, 0.15) is 11.8 Å². The molecular weight excluding hydrogens is 420 g/mol. The van der Waals surface area contributed by atoms with Crippen molar-refractivity contribution in [2.24, 2.45) is 0 Å². The lowest BCUT2D eigenvalue weighted by atomic mass is 9.99. The highest BCUT2D eigenvalue weighted by Gasteiger charge is 2.27. The Bertz CT molecular complexity index is 986. The summed E-state index contributed by atoms with van der Waals surface area (Å²) in [5.41, 5.74) is 2.77. The highest BCUT2D eigenvalue weighted by atomic mass is 16.5. The zero-order valence-corrected chi connectivity index (χ0v) is 19.4. The van der Waals surface area contributed by atoms with Gasteiger partial charge in [-0.15, -0.1) is 0 Å². The maximum atomic E-state index is 12.9. The van der Waals surface area contributed by atoms with E-state index < -0.39 is 6.04 Å². The highest BCUT2D eigenvalue weighted by Crippen LogP contribution is 2.18. The molecule has 0 aliphatic carbocycles. The van der Waals surface area contributed by atoms with Crippen LogP contribution in [0.1, 0.15) is 30.9 Å². The molecule has 0 bridgehead atoms. The van der Waals surface area contributed by atoms with Gasteiger partial charge < -0.3 is 25.6 Å². The number of piperidine rings is 1. The molecule has 1 heterocycles. The first-order valence-corrected chi connectivity index (χ1v) is 11.2. The Labute approximate surface area is 194 Å². The second-order valence-electron chi connectivity index (χ2n) is 8.32. The molecule has 1 aliphatic heterocycles. The van der Waals surface area contributed by atoms with E-state index in [0.717, 1.165) is 11.1 Å². The topological polar surface area (TPSA) is 99.8 Å². The molecule has 8 heteroatoms. The van der Waals surface area contributed by atoms with Crippen molar-refractivity contribution in [3.63, 3.8) is 0 Å². The van der Waals surface area contributed by atoms with Gasteiger partial charge in [-0.1, -0.05) is 30.3 Å². The number of hydrogen-bond donors (Lipinski definition) is 3. The maximum absolute atomic E-state index is 12.9. The standard InChI is InChI=1S/C25H32N4O4/c1-17-7-4-5-8-19(17)15-23(26-18(2)30)24(31)27-20-11-13-29(14-12-20)25(32)28-21-9-6-10-22(16-21)33-3/h4-10,16,20,23H,11-15H2,1-3H3,(H,26,30)(H,27,31)(H,28,32)/t23-/m0/s1. The number of methoxy groups -OCH3 is 1. The summed E-state index contributed by atoms with van der Waals surface area (Å²) in [6.45, 7) is 4.47. The van der Waals surface area contributed by atoms with Crippen LogP contribution in [-0.2, 0) is 16.0 Å². The minimum atomic E-state index is -0.641. The van der Waals surface area contributed by atoms with E-state index >= 15 is 0 Å². The number of urea groups is 1. The van der Waals surface area contributed by atoms with Gasteiger partial charge in [0.15, 0.2) is 0 Å². The maximum Gasteiger partial charge on any atom is 0.321 e. The van der Waals surface area contributed by atoms with E-state index in [9.17, 15) is 14.4 Å². The summed E-state index contributed by atoms with van der Waals surface area (Å²) in [6.07, 6.45) is 1.72. The van der Waals surface area contributed by atoms with Crippen molar-refractivity contribution in [1.29, 1.82) is 0 Å². The summed E-state index contributed by atoms with van der Waals surface area (Å²) >= 11 is 0. The van der Waals surface area contributed by atoms with Crippen molar-refractivity contribution in [1.82, 2.24) is 15.5 Å². The van der Waals surface area contributed by atoms with Gasteiger partial charge in [0.2, 0.25) is 11.8 Å². The Morgan fingerprint density at radius 3 is 2.48 bits per heavy atom. The molecule has 0 radical (unpaired) electrons. The molecule has 4 amide bonds. The summed E-state index contributed by atoms with van der Waals surface area (Å²) in [5.74, 6) is 0.231. The van der Waals surface area contributed by atoms with Crippen molar-refractivity contribution < 1.29 is 19.1 Å². The molecule has 1 atom stereocenters. The van der Waals surface area contributed by atoms with Gasteiger partial charge in [0.05, 0.1) is 7.11 Å². The van der Waals surface area contributed by atoms with Gasteiger partial charge in [-0.2, -0.15) is 0 Å². The predicted octanol–water partition coefficient (Wildman–Crippen LogP) is 2.86. The smallest absolute Gasteiger partial charge is 0.321 e. The van der Waals surface area contributed by atoms with Crippen LogP contribution in [0.3, 0.4) is 0 Å². The van der Waals surface area contributed by atoms with E-state index in [1.807, 2.05) is 49.4 Å². The third-order valence-electron chi connectivity index (χ3n) is 5.83. The van der Waals surface area contributed by atoms with Gasteiger partial charge >= 0.3 is 6.03 Å². The number of rotatable bonds is 7. The van der Waals surface area contributed by atoms with Crippen LogP contribution < -0.4 is 20.7 Å². The van der Waals surface area contributed by atoms with Gasteiger partial charge in [-0.3, -0.25) is 9.59 Å². The molecule has 8 nitrogen and oxygen atoms in total. The van der Waals surface area contributed by atoms with E-state index in [2.05, 4.69) is 16.0 Å². The summed E-state index contributed by atoms with van der Waals surface area (Å²) in [6, 6.07) is 14.2. The molecule has 176 valence electrons. The second kappa shape index (κ2) is 11.4. The Morgan fingerprint density at radius 2 is 1.82 bits per heavy atom. The lowest BCUT2D eigenvalue weighted by Gasteiger charge is -2.33. The van der Waals surface area contributed by atoms with Crippen molar-refractivity contribution in [2.45, 2.75) is 45.2 Å². The fourth-order valence-corrected chi connectivity index (χ4v) is 3.95. The molecule has 1 saturated heterocycles. The van der Waals surface area contributed by atoms with E-state index in [1.54, 1.807) is 18.1 Å². The average Bonchev–Trinajstić information content (AvgIpc) is 2.80. The number of carbonyl (C=O) groups is 3. The van der Waals surface area contributed by atoms with Crippen LogP contribution in [0.5, 0.6) is 5.75 Å². The van der Waals surface area contributed by atoms with Gasteiger partial charge in [-0.25, -0.2) is 4.79 Å². The average molecular weight is 453 g/mol. The van der Waals surface area contributed by atoms with Crippen molar-refractivity contribution >= 4 is 23.5 Å². The monoisotopic (exact) mass is 452 g/mol. The third kappa shape index (κ3) is 6.97. The van der Waals surface area contributed by atoms with Crippen molar-refractivity contribution in [2.75, 3.05) is 25.5 Å². The number of hydrogen-bond acceptors (Lipinski definition) is 4. The first kappa shape index (κ1) is 24.1. The van der Waals surface area contributed by atoms with Crippen LogP contribution in [-0.4, -0.2) is 55.0 Å². The predicted molar refractivity (Wildman–Crippen MR) is 127 cm³/mol. The number of amides is 4. The Hall–Kier alpha value is -3.55. The summed E-state index contributed by atoms with van der Waals surface area (Å²) in [5, 5.41) is 8.72. The van der Waals surface area contributed by atoms with Crippen LogP contribution in [0.15, 0.2) is 48.5 Å². The number of nitrogens with zero attached hydrogens (tertiary/aromatic N) is 1. The normalized spacial score (nSPS) is 14.8. The fourth-order valence-electron chi connectivity index (χ4n) is 3.95. The van der Waals surface area contributed by atoms with Crippen LogP contribution in [0.2, 0.25) is 0 Å². The van der Waals surface area contributed by atoms with Crippen molar-refractivity contribution in [3.8, 4) is 5.75 Å². The first-order valence-electron chi connectivity index (χ1n) is 11.2. The van der Waals surface area contributed by atoms with E-state index in [1.165, 1.54) is 6.92 Å². The van der Waals surface area contributed by atoms with E-state index in [0.29, 0.717) is 43.8 Å². The molecule has 0 aromatic heterocycles. The molecule has 0 spiro atoms. The molecule has 2 aromatic rings. The van der Waals surface area contributed by atoms with Gasteiger partial charge in [0, 0.05) is 44.2 Å². The van der Waals surface area contributed by atoms with Crippen LogP contribution in [0, 0.1) is 6.92 Å². The van der Waals surface area contributed by atoms with Crippen LogP contribution >= 0.6 is 0 Å². The molecule has 0 saturated carbocycles. The quantitative estimate of drug-likeness (QED) is 0.601. The Balaban J connectivity index is 1.52. The molecule has 1 fully saturated rings. The largest absolute Gasteiger partial charge is 0.497 e. The summed E-state index contributed by atoms with van der Waals surface area (Å²) in [7, 11) is 1.58. The number of benzene rings is 2. The molecule has 3 rings (SSSR count). The number of aryl methyl sites for hydroxylation is 1. The minimum Gasteiger partial charge on any atom is -0.497 e. The number of anilines is 1. The number of carbonyl (C=O) groups excluding carboxylic acids is 3. The molecule has 3 N–H and O–H groups in total. The zero-order valence-electron chi connectivity index (χ0n) is 19.4. The Kier molecular flexibility index (Phi) is 8.29. The summed E-state index contributed by atoms with van der Waals surface area (Å²) < 4.78 is 5.19. The van der Waals surface area contributed by atoms with Crippen molar-refractivity contribution in [3.05, 3.63) is 59.7 Å². The minimum absolute atomic E-state index is 0.0495. The lowest BCUT2D eigenvalue weighted by Crippen LogP contribution is -2.53. The molecule has 0 unspecified atom stereocenters. The van der Waals surface area contributed by atoms with E-state index in [4.69, 9.17) is 4.74 Å². The van der Waals surface area contributed by atoms with Crippen LogP contribution in [0.25, 0.3) is 0 Å². The number of nitrogens with one attached hydrogen (secondary N) is 3. The molecule has 1 aliphatic rings. The number of likely N-dealkylation sites (tertiary alicyclic amines) is 1. The molecule has 2 aromatic carbocycles. The van der Waals surface area contributed by atoms with Crippen LogP contribution in [0.4, 0.5) is 10.5 Å². The second-order valence-corrected chi connectivity index (χ2v) is 8.32. The summed E-state index contributed by atoms with van der Waals surface area (Å²) in [4.78, 5) is 39.0. The fraction of sp³-hybridized carbons (Fsp3) is 0.400.